The lowest BCUT2D eigenvalue weighted by Gasteiger charge is -2.62. The van der Waals surface area contributed by atoms with Crippen molar-refractivity contribution in [1.29, 1.82) is 0 Å². The lowest BCUT2D eigenvalue weighted by molar-refractivity contribution is -0.231. The molecule has 1 heterocycles. The van der Waals surface area contributed by atoms with Crippen LogP contribution in [-0.2, 0) is 25.5 Å². The van der Waals surface area contributed by atoms with Crippen LogP contribution in [0.5, 0.6) is 0 Å². The second-order valence-corrected chi connectivity index (χ2v) is 13.6. The van der Waals surface area contributed by atoms with Gasteiger partial charge in [-0.05, 0) is 80.4 Å². The van der Waals surface area contributed by atoms with Crippen LogP contribution in [0.4, 0.5) is 10.1 Å². The summed E-state index contributed by atoms with van der Waals surface area (Å²) in [4.78, 5) is 25.9. The average molecular weight is 588 g/mol. The number of rotatable bonds is 5. The number of ketones is 2. The number of hydrogen-bond donors (Lipinski definition) is 3. The number of nitrogen functional groups attached to an aromatic ring is 1. The molecule has 0 radical (unpaired) electrons. The van der Waals surface area contributed by atoms with E-state index in [0.717, 1.165) is 16.7 Å². The number of carbonyl (C=O) groups excluding carboxylic acids is 2. The molecule has 0 spiro atoms. The molecule has 5 aliphatic rings. The molecular formula is C35H38FNO6. The number of anilines is 1. The molecule has 2 aromatic carbocycles. The first-order valence-corrected chi connectivity index (χ1v) is 15.2. The third-order valence-corrected chi connectivity index (χ3v) is 11.6. The lowest BCUT2D eigenvalue weighted by atomic mass is 9.44. The van der Waals surface area contributed by atoms with Gasteiger partial charge in [0.05, 0.1) is 12.2 Å². The van der Waals surface area contributed by atoms with Gasteiger partial charge in [-0.3, -0.25) is 9.59 Å². The fraction of sp³-hybridized carbons (Fsp3) is 0.486. The molecule has 1 aliphatic heterocycles. The summed E-state index contributed by atoms with van der Waals surface area (Å²) in [5.74, 6) is -1.61. The number of nitrogens with two attached hydrogens (primary N) is 1. The summed E-state index contributed by atoms with van der Waals surface area (Å²) in [6.45, 7) is 2.92. The van der Waals surface area contributed by atoms with Crippen LogP contribution < -0.4 is 5.73 Å². The minimum Gasteiger partial charge on any atom is -0.399 e. The highest BCUT2D eigenvalue weighted by molar-refractivity contribution is 6.01. The van der Waals surface area contributed by atoms with Crippen molar-refractivity contribution in [2.75, 3.05) is 12.3 Å². The second-order valence-electron chi connectivity index (χ2n) is 13.6. The summed E-state index contributed by atoms with van der Waals surface area (Å²) in [6, 6.07) is 15.5. The molecule has 2 aromatic rings. The zero-order valence-corrected chi connectivity index (χ0v) is 24.5. The van der Waals surface area contributed by atoms with Crippen LogP contribution in [0, 0.1) is 22.7 Å². The van der Waals surface area contributed by atoms with Gasteiger partial charge >= 0.3 is 0 Å². The minimum atomic E-state index is -2.03. The van der Waals surface area contributed by atoms with E-state index in [1.807, 2.05) is 55.5 Å². The molecule has 226 valence electrons. The monoisotopic (exact) mass is 587 g/mol. The predicted molar refractivity (Wildman–Crippen MR) is 157 cm³/mol. The largest absolute Gasteiger partial charge is 0.399 e. The molecule has 0 amide bonds. The number of aliphatic hydroxyl groups is 2. The van der Waals surface area contributed by atoms with Crippen LogP contribution in [0.3, 0.4) is 0 Å². The number of Topliss-reactive ketones (excluding diaryl/α,β-unsaturated/α-hetero) is 1. The van der Waals surface area contributed by atoms with E-state index in [9.17, 15) is 19.8 Å². The van der Waals surface area contributed by atoms with Gasteiger partial charge in [0.2, 0.25) is 0 Å². The zero-order chi connectivity index (χ0) is 30.4. The van der Waals surface area contributed by atoms with Gasteiger partial charge in [0.15, 0.2) is 29.1 Å². The van der Waals surface area contributed by atoms with Crippen molar-refractivity contribution in [3.8, 4) is 0 Å². The van der Waals surface area contributed by atoms with Crippen LogP contribution >= 0.6 is 0 Å². The molecule has 3 saturated carbocycles. The zero-order valence-electron chi connectivity index (χ0n) is 24.5. The van der Waals surface area contributed by atoms with E-state index in [-0.39, 0.29) is 18.1 Å². The molecule has 4 N–H and O–H groups in total. The fourth-order valence-corrected chi connectivity index (χ4v) is 9.44. The number of fused-ring (bicyclic) bond motifs is 7. The standard InChI is InChI=1S/C35H38FNO6/c1-32-13-12-25(39)16-23(32)8-11-26-27-17-30-35(29(41)19-38,33(27,2)18-28(40)34(26,32)36)43-31(42-30)22-5-3-4-21(15-22)14-20-6-9-24(37)10-7-20/h3-7,9-10,12-13,15-16,26-28,30-31,38,40H,8,11,14,17-19,37H2,1-2H3/t26-,27-,28-,30+,31+,32-,33-,34-,35+/m0/s1. The summed E-state index contributed by atoms with van der Waals surface area (Å²) < 4.78 is 30.7. The van der Waals surface area contributed by atoms with Gasteiger partial charge in [-0.25, -0.2) is 4.39 Å². The summed E-state index contributed by atoms with van der Waals surface area (Å²) in [5.41, 5.74) is 4.43. The maximum Gasteiger partial charge on any atom is 0.193 e. The third kappa shape index (κ3) is 3.79. The number of alkyl halides is 1. The van der Waals surface area contributed by atoms with Gasteiger partial charge in [-0.2, -0.15) is 0 Å². The van der Waals surface area contributed by atoms with E-state index in [4.69, 9.17) is 15.2 Å². The molecule has 4 fully saturated rings. The Hall–Kier alpha value is -3.17. The molecule has 1 saturated heterocycles. The maximum absolute atomic E-state index is 17.6. The van der Waals surface area contributed by atoms with Crippen LogP contribution in [0.25, 0.3) is 0 Å². The number of ether oxygens (including phenoxy) is 2. The van der Waals surface area contributed by atoms with Gasteiger partial charge in [-0.1, -0.05) is 55.0 Å². The molecule has 7 rings (SSSR count). The summed E-state index contributed by atoms with van der Waals surface area (Å²) in [5, 5.41) is 21.9. The topological polar surface area (TPSA) is 119 Å². The normalized spacial score (nSPS) is 41.2. The number of carbonyl (C=O) groups is 2. The van der Waals surface area contributed by atoms with Crippen LogP contribution in [0.1, 0.15) is 62.5 Å². The highest BCUT2D eigenvalue weighted by Gasteiger charge is 2.79. The van der Waals surface area contributed by atoms with Gasteiger partial charge in [0.25, 0.3) is 0 Å². The molecule has 7 nitrogen and oxygen atoms in total. The Labute approximate surface area is 250 Å². The Kier molecular flexibility index (Phi) is 6.43. The van der Waals surface area contributed by atoms with Gasteiger partial charge < -0.3 is 25.4 Å². The molecule has 43 heavy (non-hydrogen) atoms. The van der Waals surface area contributed by atoms with E-state index in [0.29, 0.717) is 36.9 Å². The van der Waals surface area contributed by atoms with Gasteiger partial charge in [0, 0.05) is 28.0 Å². The lowest BCUT2D eigenvalue weighted by Crippen LogP contribution is -2.69. The third-order valence-electron chi connectivity index (χ3n) is 11.6. The first-order valence-electron chi connectivity index (χ1n) is 15.2. The van der Waals surface area contributed by atoms with Crippen molar-refractivity contribution in [3.63, 3.8) is 0 Å². The van der Waals surface area contributed by atoms with E-state index < -0.39 is 58.9 Å². The van der Waals surface area contributed by atoms with Crippen molar-refractivity contribution >= 4 is 17.3 Å². The summed E-state index contributed by atoms with van der Waals surface area (Å²) in [6.07, 6.45) is 3.50. The van der Waals surface area contributed by atoms with E-state index in [1.54, 1.807) is 13.0 Å². The first-order chi connectivity index (χ1) is 20.5. The number of benzene rings is 2. The fourth-order valence-electron chi connectivity index (χ4n) is 9.44. The summed E-state index contributed by atoms with van der Waals surface area (Å²) >= 11 is 0. The Morgan fingerprint density at radius 2 is 1.88 bits per heavy atom. The van der Waals surface area contributed by atoms with E-state index in [2.05, 4.69) is 0 Å². The Bertz CT molecular complexity index is 1550. The Morgan fingerprint density at radius 1 is 1.12 bits per heavy atom. The minimum absolute atomic E-state index is 0.0369. The molecule has 9 atom stereocenters. The Morgan fingerprint density at radius 3 is 2.63 bits per heavy atom. The van der Waals surface area contributed by atoms with Crippen LogP contribution in [-0.4, -0.2) is 51.9 Å². The van der Waals surface area contributed by atoms with Gasteiger partial charge in [0.1, 0.15) is 6.61 Å². The van der Waals surface area contributed by atoms with Crippen LogP contribution in [0.2, 0.25) is 0 Å². The number of halogens is 1. The maximum atomic E-state index is 17.6. The molecule has 4 aliphatic carbocycles. The second kappa shape index (κ2) is 9.66. The van der Waals surface area contributed by atoms with E-state index in [1.165, 1.54) is 12.2 Å². The van der Waals surface area contributed by atoms with Crippen molar-refractivity contribution in [3.05, 3.63) is 89.0 Å². The van der Waals surface area contributed by atoms with E-state index >= 15 is 4.39 Å². The quantitative estimate of drug-likeness (QED) is 0.439. The van der Waals surface area contributed by atoms with Gasteiger partial charge in [-0.15, -0.1) is 0 Å². The summed E-state index contributed by atoms with van der Waals surface area (Å²) in [7, 11) is 0. The smallest absolute Gasteiger partial charge is 0.193 e. The highest BCUT2D eigenvalue weighted by Crippen LogP contribution is 2.72. The number of allylic oxidation sites excluding steroid dienone is 4. The van der Waals surface area contributed by atoms with Crippen molar-refractivity contribution in [2.45, 2.75) is 75.7 Å². The molecule has 8 heteroatoms. The van der Waals surface area contributed by atoms with Crippen molar-refractivity contribution in [1.82, 2.24) is 0 Å². The Balaban J connectivity index is 1.22. The average Bonchev–Trinajstić information content (AvgIpc) is 3.49. The van der Waals surface area contributed by atoms with Crippen molar-refractivity contribution in [2.24, 2.45) is 22.7 Å². The molecular weight excluding hydrogens is 549 g/mol. The SMILES string of the molecule is C[C@]12C=CC(=O)C=C1CC[C@H]1[C@@H]3C[C@H]4O[C@@H](c5cccc(Cc6ccc(N)cc6)c5)O[C@@]4(C(=O)CO)[C@@]3(C)C[C@H](O)[C@@]12F. The number of hydrogen-bond acceptors (Lipinski definition) is 7. The van der Waals surface area contributed by atoms with Crippen molar-refractivity contribution < 1.29 is 33.7 Å². The first kappa shape index (κ1) is 28.6. The molecule has 0 bridgehead atoms. The predicted octanol–water partition coefficient (Wildman–Crippen LogP) is 4.55. The highest BCUT2D eigenvalue weighted by atomic mass is 19.1. The number of aliphatic hydroxyl groups excluding tert-OH is 2. The molecule has 0 aromatic heterocycles. The van der Waals surface area contributed by atoms with Crippen LogP contribution in [0.15, 0.2) is 72.3 Å². The molecule has 0 unspecified atom stereocenters.